The molecular weight excluding hydrogens is 426 g/mol. The van der Waals surface area contributed by atoms with E-state index < -0.39 is 11.6 Å². The number of benzene rings is 4. The zero-order valence-electron chi connectivity index (χ0n) is 17.0. The first kappa shape index (κ1) is 20.3. The van der Waals surface area contributed by atoms with Gasteiger partial charge in [-0.05, 0) is 28.0 Å². The molecule has 4 aromatic carbocycles. The number of amides is 1. The van der Waals surface area contributed by atoms with E-state index in [4.69, 9.17) is 0 Å². The first-order valence-corrected chi connectivity index (χ1v) is 11.0. The van der Waals surface area contributed by atoms with Gasteiger partial charge in [0.2, 0.25) is 5.91 Å². The number of fused-ring (bicyclic) bond motifs is 2. The zero-order valence-corrected chi connectivity index (χ0v) is 17.8. The molecule has 0 aliphatic carbocycles. The standard InChI is InChI=1S/C26H18F2N2OS/c27-20-14-22(28)25-23(15-20)32-26(29-25)30(16-17-7-2-1-3-8-17)24(31)13-19-11-6-10-18-9-4-5-12-21(18)19/h1-12,14-15H,13,16H2. The number of aromatic nitrogens is 1. The van der Waals surface area contributed by atoms with Crippen molar-refractivity contribution in [2.45, 2.75) is 13.0 Å². The van der Waals surface area contributed by atoms with Gasteiger partial charge in [-0.2, -0.15) is 0 Å². The second-order valence-corrected chi connectivity index (χ2v) is 8.52. The van der Waals surface area contributed by atoms with Gasteiger partial charge in [-0.25, -0.2) is 13.8 Å². The Morgan fingerprint density at radius 3 is 2.50 bits per heavy atom. The molecule has 0 bridgehead atoms. The van der Waals surface area contributed by atoms with E-state index >= 15 is 0 Å². The maximum atomic E-state index is 14.3. The van der Waals surface area contributed by atoms with E-state index in [0.29, 0.717) is 9.83 Å². The molecule has 0 spiro atoms. The van der Waals surface area contributed by atoms with Crippen LogP contribution in [0.4, 0.5) is 13.9 Å². The molecule has 0 saturated heterocycles. The number of anilines is 1. The second-order valence-electron chi connectivity index (χ2n) is 7.51. The van der Waals surface area contributed by atoms with E-state index in [1.54, 1.807) is 4.90 Å². The second kappa shape index (κ2) is 8.48. The van der Waals surface area contributed by atoms with Crippen LogP contribution in [-0.4, -0.2) is 10.9 Å². The predicted molar refractivity (Wildman–Crippen MR) is 125 cm³/mol. The van der Waals surface area contributed by atoms with Gasteiger partial charge in [-0.1, -0.05) is 84.1 Å². The van der Waals surface area contributed by atoms with E-state index in [-0.39, 0.29) is 24.4 Å². The van der Waals surface area contributed by atoms with E-state index in [9.17, 15) is 13.6 Å². The minimum atomic E-state index is -0.733. The normalized spacial score (nSPS) is 11.2. The minimum Gasteiger partial charge on any atom is -0.283 e. The molecule has 158 valence electrons. The van der Waals surface area contributed by atoms with Crippen LogP contribution in [-0.2, 0) is 17.8 Å². The Morgan fingerprint density at radius 1 is 0.906 bits per heavy atom. The van der Waals surface area contributed by atoms with Crippen molar-refractivity contribution in [2.24, 2.45) is 0 Å². The van der Waals surface area contributed by atoms with Crippen LogP contribution in [0.15, 0.2) is 84.9 Å². The number of rotatable bonds is 5. The van der Waals surface area contributed by atoms with Crippen LogP contribution in [0.2, 0.25) is 0 Å². The summed E-state index contributed by atoms with van der Waals surface area (Å²) in [7, 11) is 0. The summed E-state index contributed by atoms with van der Waals surface area (Å²) in [6.45, 7) is 0.286. The van der Waals surface area contributed by atoms with Crippen LogP contribution in [0.25, 0.3) is 21.0 Å². The van der Waals surface area contributed by atoms with Crippen molar-refractivity contribution >= 4 is 43.4 Å². The zero-order chi connectivity index (χ0) is 22.1. The first-order chi connectivity index (χ1) is 15.6. The Bertz CT molecular complexity index is 1430. The lowest BCUT2D eigenvalue weighted by atomic mass is 10.0. The van der Waals surface area contributed by atoms with E-state index in [1.165, 1.54) is 6.07 Å². The summed E-state index contributed by atoms with van der Waals surface area (Å²) < 4.78 is 28.4. The van der Waals surface area contributed by atoms with Crippen LogP contribution in [0.3, 0.4) is 0 Å². The minimum absolute atomic E-state index is 0.0717. The lowest BCUT2D eigenvalue weighted by Crippen LogP contribution is -2.31. The summed E-state index contributed by atoms with van der Waals surface area (Å²) in [5.74, 6) is -1.56. The van der Waals surface area contributed by atoms with Gasteiger partial charge in [-0.15, -0.1) is 0 Å². The average molecular weight is 445 g/mol. The molecule has 0 fully saturated rings. The van der Waals surface area contributed by atoms with Crippen LogP contribution in [0.5, 0.6) is 0 Å². The number of hydrogen-bond donors (Lipinski definition) is 0. The fourth-order valence-corrected chi connectivity index (χ4v) is 4.82. The largest absolute Gasteiger partial charge is 0.283 e. The quantitative estimate of drug-likeness (QED) is 0.310. The molecule has 1 aromatic heterocycles. The fraction of sp³-hybridized carbons (Fsp3) is 0.0769. The Labute approximate surface area is 187 Å². The summed E-state index contributed by atoms with van der Waals surface area (Å²) in [6.07, 6.45) is 0.168. The Morgan fingerprint density at radius 2 is 1.66 bits per heavy atom. The summed E-state index contributed by atoms with van der Waals surface area (Å²) in [4.78, 5) is 19.4. The first-order valence-electron chi connectivity index (χ1n) is 10.1. The van der Waals surface area contributed by atoms with Crippen LogP contribution < -0.4 is 4.90 Å². The topological polar surface area (TPSA) is 33.2 Å². The summed E-state index contributed by atoms with van der Waals surface area (Å²) >= 11 is 1.11. The van der Waals surface area contributed by atoms with Gasteiger partial charge in [0.05, 0.1) is 17.7 Å². The number of carbonyl (C=O) groups excluding carboxylic acids is 1. The molecular formula is C26H18F2N2OS. The average Bonchev–Trinajstić information content (AvgIpc) is 3.22. The van der Waals surface area contributed by atoms with Gasteiger partial charge in [0.25, 0.3) is 0 Å². The van der Waals surface area contributed by atoms with Crippen molar-refractivity contribution in [1.82, 2.24) is 4.98 Å². The van der Waals surface area contributed by atoms with Crippen LogP contribution >= 0.6 is 11.3 Å². The highest BCUT2D eigenvalue weighted by Crippen LogP contribution is 2.32. The maximum Gasteiger partial charge on any atom is 0.233 e. The third-order valence-corrected chi connectivity index (χ3v) is 6.36. The Kier molecular flexibility index (Phi) is 5.37. The highest BCUT2D eigenvalue weighted by Gasteiger charge is 2.22. The molecule has 0 saturated carbocycles. The van der Waals surface area contributed by atoms with Crippen LogP contribution in [0, 0.1) is 11.6 Å². The fourth-order valence-electron chi connectivity index (χ4n) is 3.79. The number of halogens is 2. The number of nitrogens with zero attached hydrogens (tertiary/aromatic N) is 2. The summed E-state index contributed by atoms with van der Waals surface area (Å²) in [5, 5.41) is 2.42. The molecule has 5 aromatic rings. The lowest BCUT2D eigenvalue weighted by Gasteiger charge is -2.20. The number of hydrogen-bond acceptors (Lipinski definition) is 3. The molecule has 1 amide bonds. The van der Waals surface area contributed by atoms with Crippen molar-refractivity contribution in [1.29, 1.82) is 0 Å². The predicted octanol–water partition coefficient (Wildman–Crippen LogP) is 6.50. The summed E-state index contributed by atoms with van der Waals surface area (Å²) in [5.41, 5.74) is 1.90. The third-order valence-electron chi connectivity index (χ3n) is 5.34. The highest BCUT2D eigenvalue weighted by atomic mass is 32.1. The van der Waals surface area contributed by atoms with Gasteiger partial charge >= 0.3 is 0 Å². The van der Waals surface area contributed by atoms with Crippen molar-refractivity contribution in [3.63, 3.8) is 0 Å². The third kappa shape index (κ3) is 3.97. The molecule has 0 aliphatic rings. The Balaban J connectivity index is 1.55. The van der Waals surface area contributed by atoms with E-state index in [1.807, 2.05) is 72.8 Å². The Hall–Kier alpha value is -3.64. The van der Waals surface area contributed by atoms with Gasteiger partial charge in [0, 0.05) is 6.07 Å². The summed E-state index contributed by atoms with van der Waals surface area (Å²) in [6, 6.07) is 25.4. The maximum absolute atomic E-state index is 14.3. The molecule has 5 rings (SSSR count). The molecule has 0 N–H and O–H groups in total. The lowest BCUT2D eigenvalue weighted by molar-refractivity contribution is -0.118. The van der Waals surface area contributed by atoms with Crippen LogP contribution in [0.1, 0.15) is 11.1 Å². The SMILES string of the molecule is O=C(Cc1cccc2ccccc12)N(Cc1ccccc1)c1nc2c(F)cc(F)cc2s1. The van der Waals surface area contributed by atoms with Gasteiger partial charge in [0.1, 0.15) is 11.3 Å². The molecule has 0 unspecified atom stereocenters. The monoisotopic (exact) mass is 444 g/mol. The molecule has 0 aliphatic heterocycles. The highest BCUT2D eigenvalue weighted by molar-refractivity contribution is 7.22. The molecule has 0 atom stereocenters. The van der Waals surface area contributed by atoms with Crippen molar-refractivity contribution in [2.75, 3.05) is 4.90 Å². The molecule has 32 heavy (non-hydrogen) atoms. The van der Waals surface area contributed by atoms with Gasteiger partial charge in [0.15, 0.2) is 10.9 Å². The molecule has 6 heteroatoms. The number of thiazole rings is 1. The van der Waals surface area contributed by atoms with E-state index in [2.05, 4.69) is 4.98 Å². The smallest absolute Gasteiger partial charge is 0.233 e. The van der Waals surface area contributed by atoms with Gasteiger partial charge < -0.3 is 0 Å². The molecule has 3 nitrogen and oxygen atoms in total. The molecule has 0 radical (unpaired) electrons. The molecule has 1 heterocycles. The van der Waals surface area contributed by atoms with Crippen molar-refractivity contribution in [3.8, 4) is 0 Å². The van der Waals surface area contributed by atoms with Crippen molar-refractivity contribution in [3.05, 3.63) is 108 Å². The number of carbonyl (C=O) groups is 1. The van der Waals surface area contributed by atoms with Crippen molar-refractivity contribution < 1.29 is 13.6 Å². The van der Waals surface area contributed by atoms with E-state index in [0.717, 1.165) is 39.3 Å². The van der Waals surface area contributed by atoms with Gasteiger partial charge in [-0.3, -0.25) is 9.69 Å².